The monoisotopic (exact) mass is 333 g/mol. The van der Waals surface area contributed by atoms with E-state index in [1.807, 2.05) is 18.7 Å². The Kier molecular flexibility index (Phi) is 11.3. The van der Waals surface area contributed by atoms with E-state index in [1.165, 1.54) is 0 Å². The first kappa shape index (κ1) is 21.2. The molecule has 0 radical (unpaired) electrons. The van der Waals surface area contributed by atoms with Crippen LogP contribution in [-0.4, -0.2) is 49.4 Å². The fourth-order valence-corrected chi connectivity index (χ4v) is 2.60. The molecule has 1 rings (SSSR count). The second-order valence-electron chi connectivity index (χ2n) is 5.97. The quantitative estimate of drug-likeness (QED) is 0.666. The molecular formula is C16H32ClN3O2. The minimum absolute atomic E-state index is 0. The number of rotatable bonds is 8. The number of hydrogen-bond donors (Lipinski definition) is 2. The number of likely N-dealkylation sites (tertiary alicyclic amines) is 1. The van der Waals surface area contributed by atoms with Gasteiger partial charge in [-0.2, -0.15) is 0 Å². The normalized spacial score (nSPS) is 19.2. The third-order valence-corrected chi connectivity index (χ3v) is 4.17. The Bertz CT molecular complexity index is 339. The molecule has 0 spiro atoms. The summed E-state index contributed by atoms with van der Waals surface area (Å²) in [6, 6.07) is 0. The molecule has 0 aromatic heterocycles. The lowest BCUT2D eigenvalue weighted by Gasteiger charge is -2.33. The molecule has 1 heterocycles. The third kappa shape index (κ3) is 6.97. The first-order valence-electron chi connectivity index (χ1n) is 8.37. The van der Waals surface area contributed by atoms with E-state index in [9.17, 15) is 9.59 Å². The summed E-state index contributed by atoms with van der Waals surface area (Å²) in [4.78, 5) is 26.2. The zero-order valence-electron chi connectivity index (χ0n) is 14.2. The van der Waals surface area contributed by atoms with Gasteiger partial charge in [0.25, 0.3) is 0 Å². The van der Waals surface area contributed by atoms with Crippen LogP contribution in [0.5, 0.6) is 0 Å². The van der Waals surface area contributed by atoms with Gasteiger partial charge in [0.1, 0.15) is 0 Å². The number of carbonyl (C=O) groups excluding carboxylic acids is 2. The largest absolute Gasteiger partial charge is 0.355 e. The molecule has 6 heteroatoms. The second-order valence-corrected chi connectivity index (χ2v) is 5.97. The summed E-state index contributed by atoms with van der Waals surface area (Å²) in [5.41, 5.74) is 0. The van der Waals surface area contributed by atoms with Gasteiger partial charge in [-0.1, -0.05) is 20.8 Å². The summed E-state index contributed by atoms with van der Waals surface area (Å²) in [5, 5.41) is 6.24. The van der Waals surface area contributed by atoms with Crippen LogP contribution in [-0.2, 0) is 9.59 Å². The number of amides is 2. The van der Waals surface area contributed by atoms with Crippen molar-refractivity contribution in [2.24, 2.45) is 11.8 Å². The molecule has 0 aromatic carbocycles. The van der Waals surface area contributed by atoms with Gasteiger partial charge in [0.2, 0.25) is 11.8 Å². The molecular weight excluding hydrogens is 302 g/mol. The Morgan fingerprint density at radius 3 is 2.59 bits per heavy atom. The van der Waals surface area contributed by atoms with Gasteiger partial charge in [0.05, 0.1) is 5.92 Å². The van der Waals surface area contributed by atoms with Gasteiger partial charge in [-0.05, 0) is 32.2 Å². The molecule has 1 fully saturated rings. The number of halogens is 1. The molecule has 0 aromatic rings. The van der Waals surface area contributed by atoms with Crippen LogP contribution in [0, 0.1) is 11.8 Å². The van der Waals surface area contributed by atoms with Crippen LogP contribution in [0.4, 0.5) is 0 Å². The summed E-state index contributed by atoms with van der Waals surface area (Å²) in [6.45, 7) is 9.94. The lowest BCUT2D eigenvalue weighted by atomic mass is 9.95. The van der Waals surface area contributed by atoms with Crippen LogP contribution in [0.15, 0.2) is 0 Å². The Morgan fingerprint density at radius 2 is 1.95 bits per heavy atom. The average Bonchev–Trinajstić information content (AvgIpc) is 2.53. The van der Waals surface area contributed by atoms with Crippen LogP contribution in [0.1, 0.15) is 46.5 Å². The van der Waals surface area contributed by atoms with Crippen LogP contribution in [0.25, 0.3) is 0 Å². The predicted octanol–water partition coefficient (Wildman–Crippen LogP) is 1.81. The molecule has 1 aliphatic rings. The molecule has 1 aliphatic heterocycles. The summed E-state index contributed by atoms with van der Waals surface area (Å²) in [6.07, 6.45) is 3.77. The van der Waals surface area contributed by atoms with Crippen LogP contribution in [0.2, 0.25) is 0 Å². The number of piperidine rings is 1. The first-order valence-corrected chi connectivity index (χ1v) is 8.37. The van der Waals surface area contributed by atoms with E-state index in [4.69, 9.17) is 0 Å². The summed E-state index contributed by atoms with van der Waals surface area (Å²) in [5.74, 6) is 0.303. The third-order valence-electron chi connectivity index (χ3n) is 4.17. The van der Waals surface area contributed by atoms with E-state index >= 15 is 0 Å². The van der Waals surface area contributed by atoms with E-state index in [0.717, 1.165) is 45.3 Å². The van der Waals surface area contributed by atoms with Gasteiger partial charge in [-0.25, -0.2) is 0 Å². The molecule has 2 atom stereocenters. The number of nitrogens with one attached hydrogen (secondary N) is 2. The molecule has 130 valence electrons. The van der Waals surface area contributed by atoms with Crippen molar-refractivity contribution < 1.29 is 9.59 Å². The fourth-order valence-electron chi connectivity index (χ4n) is 2.60. The molecule has 2 amide bonds. The predicted molar refractivity (Wildman–Crippen MR) is 92.2 cm³/mol. The van der Waals surface area contributed by atoms with Crippen molar-refractivity contribution in [2.45, 2.75) is 46.5 Å². The van der Waals surface area contributed by atoms with Crippen molar-refractivity contribution in [1.82, 2.24) is 15.5 Å². The summed E-state index contributed by atoms with van der Waals surface area (Å²) < 4.78 is 0. The molecule has 2 unspecified atom stereocenters. The Labute approximate surface area is 141 Å². The van der Waals surface area contributed by atoms with Gasteiger partial charge in [0.15, 0.2) is 0 Å². The van der Waals surface area contributed by atoms with Gasteiger partial charge >= 0.3 is 0 Å². The number of hydrogen-bond acceptors (Lipinski definition) is 3. The van der Waals surface area contributed by atoms with Crippen molar-refractivity contribution >= 4 is 24.2 Å². The molecule has 5 nitrogen and oxygen atoms in total. The van der Waals surface area contributed by atoms with E-state index in [1.54, 1.807) is 0 Å². The SMILES string of the molecule is CCCNCCNC(=O)C1CCCN(C(=O)C(C)CC)C1.Cl. The van der Waals surface area contributed by atoms with Gasteiger partial charge in [-0.15, -0.1) is 12.4 Å². The molecule has 0 aliphatic carbocycles. The van der Waals surface area contributed by atoms with Crippen LogP contribution >= 0.6 is 12.4 Å². The highest BCUT2D eigenvalue weighted by molar-refractivity contribution is 5.85. The fraction of sp³-hybridized carbons (Fsp3) is 0.875. The van der Waals surface area contributed by atoms with Gasteiger partial charge in [-0.3, -0.25) is 9.59 Å². The standard InChI is InChI=1S/C16H31N3O2.ClH/c1-4-8-17-9-10-18-15(20)14-7-6-11-19(12-14)16(21)13(3)5-2;/h13-14,17H,4-12H2,1-3H3,(H,18,20);1H. The molecule has 2 N–H and O–H groups in total. The molecule has 0 saturated carbocycles. The van der Waals surface area contributed by atoms with Gasteiger partial charge in [0, 0.05) is 32.1 Å². The van der Waals surface area contributed by atoms with Crippen LogP contribution in [0.3, 0.4) is 0 Å². The number of nitrogens with zero attached hydrogens (tertiary/aromatic N) is 1. The Morgan fingerprint density at radius 1 is 1.23 bits per heavy atom. The van der Waals surface area contributed by atoms with Crippen molar-refractivity contribution in [3.05, 3.63) is 0 Å². The molecule has 0 bridgehead atoms. The maximum Gasteiger partial charge on any atom is 0.225 e. The highest BCUT2D eigenvalue weighted by Crippen LogP contribution is 2.19. The van der Waals surface area contributed by atoms with Crippen molar-refractivity contribution in [1.29, 1.82) is 0 Å². The van der Waals surface area contributed by atoms with E-state index < -0.39 is 0 Å². The van der Waals surface area contributed by atoms with E-state index in [0.29, 0.717) is 13.1 Å². The van der Waals surface area contributed by atoms with E-state index in [-0.39, 0.29) is 36.1 Å². The Hall–Kier alpha value is -0.810. The molecule has 1 saturated heterocycles. The topological polar surface area (TPSA) is 61.4 Å². The maximum atomic E-state index is 12.2. The highest BCUT2D eigenvalue weighted by atomic mass is 35.5. The summed E-state index contributed by atoms with van der Waals surface area (Å²) >= 11 is 0. The van der Waals surface area contributed by atoms with E-state index in [2.05, 4.69) is 17.6 Å². The highest BCUT2D eigenvalue weighted by Gasteiger charge is 2.29. The van der Waals surface area contributed by atoms with Crippen molar-refractivity contribution in [2.75, 3.05) is 32.7 Å². The zero-order chi connectivity index (χ0) is 15.7. The zero-order valence-corrected chi connectivity index (χ0v) is 15.0. The van der Waals surface area contributed by atoms with Gasteiger partial charge < -0.3 is 15.5 Å². The van der Waals surface area contributed by atoms with Crippen LogP contribution < -0.4 is 10.6 Å². The smallest absolute Gasteiger partial charge is 0.225 e. The summed E-state index contributed by atoms with van der Waals surface area (Å²) in [7, 11) is 0. The average molecular weight is 334 g/mol. The number of carbonyl (C=O) groups is 2. The Balaban J connectivity index is 0.00000441. The van der Waals surface area contributed by atoms with Crippen molar-refractivity contribution in [3.63, 3.8) is 0 Å². The van der Waals surface area contributed by atoms with Crippen molar-refractivity contribution in [3.8, 4) is 0 Å². The minimum atomic E-state index is -0.0436. The second kappa shape index (κ2) is 11.7. The lowest BCUT2D eigenvalue weighted by Crippen LogP contribution is -2.47. The lowest BCUT2D eigenvalue weighted by molar-refractivity contribution is -0.138. The maximum absolute atomic E-state index is 12.2. The minimum Gasteiger partial charge on any atom is -0.355 e. The molecule has 22 heavy (non-hydrogen) atoms. The first-order chi connectivity index (χ1) is 10.1.